The summed E-state index contributed by atoms with van der Waals surface area (Å²) in [6.45, 7) is 4.70. The Hall–Kier alpha value is -0.850. The van der Waals surface area contributed by atoms with E-state index in [0.29, 0.717) is 6.54 Å². The average Bonchev–Trinajstić information content (AvgIpc) is 3.21. The molecule has 3 heterocycles. The Kier molecular flexibility index (Phi) is 6.23. The van der Waals surface area contributed by atoms with E-state index in [-0.39, 0.29) is 30.3 Å². The van der Waals surface area contributed by atoms with Crippen molar-refractivity contribution >= 4 is 29.9 Å². The van der Waals surface area contributed by atoms with Gasteiger partial charge in [0.15, 0.2) is 0 Å². The predicted octanol–water partition coefficient (Wildman–Crippen LogP) is 1.98. The van der Waals surface area contributed by atoms with Gasteiger partial charge in [-0.2, -0.15) is 0 Å². The molecule has 0 saturated carbocycles. The maximum atomic E-state index is 13.1. The van der Waals surface area contributed by atoms with Gasteiger partial charge < -0.3 is 10.2 Å². The highest BCUT2D eigenvalue weighted by atomic mass is 35.5. The number of nitrogens with one attached hydrogen (secondary N) is 3. The van der Waals surface area contributed by atoms with Gasteiger partial charge in [0.1, 0.15) is 0 Å². The fourth-order valence-electron chi connectivity index (χ4n) is 4.39. The molecular weight excluding hydrogens is 359 g/mol. The van der Waals surface area contributed by atoms with Crippen molar-refractivity contribution in [1.29, 1.82) is 0 Å². The second-order valence-corrected chi connectivity index (χ2v) is 7.68. The Bertz CT molecular complexity index is 583. The van der Waals surface area contributed by atoms with Crippen LogP contribution in [0.15, 0.2) is 24.3 Å². The van der Waals surface area contributed by atoms with Crippen molar-refractivity contribution in [2.75, 3.05) is 32.7 Å². The van der Waals surface area contributed by atoms with Crippen LogP contribution in [0.1, 0.15) is 24.4 Å². The summed E-state index contributed by atoms with van der Waals surface area (Å²) in [6.07, 6.45) is 2.26. The molecule has 5 nitrogen and oxygen atoms in total. The van der Waals surface area contributed by atoms with E-state index in [4.69, 9.17) is 11.6 Å². The minimum Gasteiger partial charge on any atom is -0.342 e. The van der Waals surface area contributed by atoms with Crippen LogP contribution in [0.4, 0.5) is 0 Å². The molecule has 0 aromatic heterocycles. The van der Waals surface area contributed by atoms with Gasteiger partial charge in [-0.1, -0.05) is 23.7 Å². The first-order chi connectivity index (χ1) is 11.7. The van der Waals surface area contributed by atoms with E-state index in [0.717, 1.165) is 61.4 Å². The number of benzene rings is 1. The first kappa shape index (κ1) is 18.9. The molecule has 3 aliphatic rings. The smallest absolute Gasteiger partial charge is 0.229 e. The number of carbonyl (C=O) groups excluding carboxylic acids is 1. The van der Waals surface area contributed by atoms with Crippen molar-refractivity contribution < 1.29 is 4.79 Å². The third kappa shape index (κ3) is 3.96. The third-order valence-electron chi connectivity index (χ3n) is 5.86. The van der Waals surface area contributed by atoms with E-state index in [1.807, 2.05) is 24.3 Å². The van der Waals surface area contributed by atoms with Crippen LogP contribution in [-0.4, -0.2) is 43.5 Å². The zero-order valence-electron chi connectivity index (χ0n) is 14.2. The lowest BCUT2D eigenvalue weighted by Gasteiger charge is -2.27. The fraction of sp³-hybridized carbons (Fsp3) is 0.611. The molecule has 0 spiro atoms. The molecule has 4 atom stereocenters. The molecule has 3 N–H and O–H groups in total. The van der Waals surface area contributed by atoms with Crippen molar-refractivity contribution in [3.05, 3.63) is 34.9 Å². The minimum absolute atomic E-state index is 0. The van der Waals surface area contributed by atoms with E-state index in [9.17, 15) is 4.79 Å². The Morgan fingerprint density at radius 1 is 1.04 bits per heavy atom. The summed E-state index contributed by atoms with van der Waals surface area (Å²) in [5.74, 6) is 1.71. The number of nitrogens with zero attached hydrogens (tertiary/aromatic N) is 1. The van der Waals surface area contributed by atoms with Gasteiger partial charge in [0.05, 0.1) is 12.0 Å². The van der Waals surface area contributed by atoms with Crippen molar-refractivity contribution in [2.24, 2.45) is 17.8 Å². The highest BCUT2D eigenvalue weighted by molar-refractivity contribution is 6.30. The lowest BCUT2D eigenvalue weighted by atomic mass is 9.92. The molecule has 0 bridgehead atoms. The summed E-state index contributed by atoms with van der Waals surface area (Å²) in [7, 11) is 0. The van der Waals surface area contributed by atoms with Crippen LogP contribution >= 0.6 is 24.0 Å². The number of fused-ring (bicyclic) bond motifs is 1. The Morgan fingerprint density at radius 2 is 1.68 bits per heavy atom. The molecule has 3 aliphatic heterocycles. The highest BCUT2D eigenvalue weighted by Crippen LogP contribution is 2.31. The van der Waals surface area contributed by atoms with Crippen LogP contribution in [-0.2, 0) is 4.79 Å². The van der Waals surface area contributed by atoms with Gasteiger partial charge in [0.25, 0.3) is 0 Å². The molecule has 3 fully saturated rings. The summed E-state index contributed by atoms with van der Waals surface area (Å²) >= 11 is 5.99. The van der Waals surface area contributed by atoms with Crippen LogP contribution in [0.2, 0.25) is 5.02 Å². The molecular formula is C18H26Cl2N4O. The van der Waals surface area contributed by atoms with Gasteiger partial charge in [-0.3, -0.25) is 10.2 Å². The molecule has 2 unspecified atom stereocenters. The van der Waals surface area contributed by atoms with Crippen LogP contribution < -0.4 is 16.2 Å². The summed E-state index contributed by atoms with van der Waals surface area (Å²) in [4.78, 5) is 15.2. The third-order valence-corrected chi connectivity index (χ3v) is 6.11. The lowest BCUT2D eigenvalue weighted by Crippen LogP contribution is -2.40. The molecule has 0 radical (unpaired) electrons. The number of amides is 1. The van der Waals surface area contributed by atoms with Crippen molar-refractivity contribution in [2.45, 2.75) is 18.9 Å². The van der Waals surface area contributed by atoms with Crippen molar-refractivity contribution in [3.8, 4) is 0 Å². The predicted molar refractivity (Wildman–Crippen MR) is 102 cm³/mol. The van der Waals surface area contributed by atoms with E-state index >= 15 is 0 Å². The van der Waals surface area contributed by atoms with Crippen LogP contribution in [0.5, 0.6) is 0 Å². The molecule has 25 heavy (non-hydrogen) atoms. The van der Waals surface area contributed by atoms with Crippen LogP contribution in [0.25, 0.3) is 0 Å². The topological polar surface area (TPSA) is 56.4 Å². The zero-order chi connectivity index (χ0) is 16.5. The van der Waals surface area contributed by atoms with Crippen LogP contribution in [0, 0.1) is 17.8 Å². The van der Waals surface area contributed by atoms with E-state index < -0.39 is 0 Å². The number of hydrogen-bond acceptors (Lipinski definition) is 4. The maximum Gasteiger partial charge on any atom is 0.229 e. The quantitative estimate of drug-likeness (QED) is 0.729. The Labute approximate surface area is 160 Å². The van der Waals surface area contributed by atoms with Crippen molar-refractivity contribution in [1.82, 2.24) is 21.1 Å². The molecule has 1 aromatic rings. The standard InChI is InChI=1S/C18H25ClN4O.ClH/c19-15-3-1-12(2-4-15)17-16(11-21-22-17)18(24)23-7-5-13-9-20-10-14(13)6-8-23;/h1-4,13-14,16-17,20-22H,5-11H2;1H/t13-,14+,16?,17?;. The fourth-order valence-corrected chi connectivity index (χ4v) is 4.51. The normalized spacial score (nSPS) is 32.0. The summed E-state index contributed by atoms with van der Waals surface area (Å²) in [6, 6.07) is 7.80. The van der Waals surface area contributed by atoms with Gasteiger partial charge in [-0.15, -0.1) is 12.4 Å². The second kappa shape index (κ2) is 8.23. The number of likely N-dealkylation sites (tertiary alicyclic amines) is 1. The van der Waals surface area contributed by atoms with Crippen molar-refractivity contribution in [3.63, 3.8) is 0 Å². The zero-order valence-corrected chi connectivity index (χ0v) is 15.8. The second-order valence-electron chi connectivity index (χ2n) is 7.24. The molecule has 1 aromatic carbocycles. The number of carbonyl (C=O) groups is 1. The van der Waals surface area contributed by atoms with E-state index in [1.165, 1.54) is 0 Å². The van der Waals surface area contributed by atoms with Crippen LogP contribution in [0.3, 0.4) is 0 Å². The molecule has 138 valence electrons. The van der Waals surface area contributed by atoms with Gasteiger partial charge in [-0.25, -0.2) is 5.43 Å². The molecule has 0 aliphatic carbocycles. The Morgan fingerprint density at radius 3 is 2.32 bits per heavy atom. The lowest BCUT2D eigenvalue weighted by molar-refractivity contribution is -0.135. The van der Waals surface area contributed by atoms with Gasteiger partial charge in [-0.05, 0) is 55.5 Å². The number of hydrazine groups is 1. The Balaban J connectivity index is 0.00000182. The average molecular weight is 385 g/mol. The number of rotatable bonds is 2. The molecule has 3 saturated heterocycles. The van der Waals surface area contributed by atoms with Gasteiger partial charge in [0, 0.05) is 24.7 Å². The monoisotopic (exact) mass is 384 g/mol. The summed E-state index contributed by atoms with van der Waals surface area (Å²) < 4.78 is 0. The summed E-state index contributed by atoms with van der Waals surface area (Å²) in [5, 5.41) is 4.21. The molecule has 7 heteroatoms. The minimum atomic E-state index is -0.0535. The highest BCUT2D eigenvalue weighted by Gasteiger charge is 2.38. The largest absolute Gasteiger partial charge is 0.342 e. The summed E-state index contributed by atoms with van der Waals surface area (Å²) in [5.41, 5.74) is 7.55. The van der Waals surface area contributed by atoms with Gasteiger partial charge in [0.2, 0.25) is 5.91 Å². The molecule has 1 amide bonds. The first-order valence-corrected chi connectivity index (χ1v) is 9.33. The van der Waals surface area contributed by atoms with E-state index in [1.54, 1.807) is 0 Å². The number of halogens is 2. The van der Waals surface area contributed by atoms with Gasteiger partial charge >= 0.3 is 0 Å². The number of hydrogen-bond donors (Lipinski definition) is 3. The first-order valence-electron chi connectivity index (χ1n) is 8.96. The maximum absolute atomic E-state index is 13.1. The SMILES string of the molecule is Cl.O=C(C1CNNC1c1ccc(Cl)cc1)N1CC[C@@H]2CNC[C@@H]2CC1. The molecule has 4 rings (SSSR count). The van der Waals surface area contributed by atoms with E-state index in [2.05, 4.69) is 21.1 Å².